The van der Waals surface area contributed by atoms with E-state index in [1.54, 1.807) is 6.08 Å². The van der Waals surface area contributed by atoms with Crippen molar-refractivity contribution in [2.75, 3.05) is 13.2 Å². The van der Waals surface area contributed by atoms with E-state index < -0.39 is 7.82 Å². The van der Waals surface area contributed by atoms with Gasteiger partial charge in [-0.15, -0.1) is 6.58 Å². The molecule has 0 aliphatic carbocycles. The number of hydrogen-bond acceptors (Lipinski definition) is 3. The van der Waals surface area contributed by atoms with Crippen molar-refractivity contribution < 1.29 is 23.6 Å². The molecule has 0 aliphatic heterocycles. The van der Waals surface area contributed by atoms with Gasteiger partial charge in [-0.05, 0) is 0 Å². The minimum Gasteiger partial charge on any atom is -0.371 e. The molecule has 0 aromatic carbocycles. The molecule has 2 N–H and O–H groups in total. The molecular formula is C6H12O5P. The second-order valence-electron chi connectivity index (χ2n) is 1.90. The topological polar surface area (TPSA) is 76.0 Å². The van der Waals surface area contributed by atoms with Crippen LogP contribution in [0.2, 0.25) is 0 Å². The van der Waals surface area contributed by atoms with Crippen molar-refractivity contribution in [3.8, 4) is 0 Å². The Morgan fingerprint density at radius 1 is 1.50 bits per heavy atom. The molecular weight excluding hydrogens is 183 g/mol. The number of ether oxygens (including phenoxy) is 1. The first-order valence-electron chi connectivity index (χ1n) is 3.30. The van der Waals surface area contributed by atoms with Crippen molar-refractivity contribution in [1.82, 2.24) is 0 Å². The third kappa shape index (κ3) is 9.81. The molecule has 0 saturated carbocycles. The second-order valence-corrected chi connectivity index (χ2v) is 3.14. The van der Waals surface area contributed by atoms with Gasteiger partial charge >= 0.3 is 7.82 Å². The zero-order valence-corrected chi connectivity index (χ0v) is 7.44. The lowest BCUT2D eigenvalue weighted by molar-refractivity contribution is 0.171. The van der Waals surface area contributed by atoms with Crippen molar-refractivity contribution in [3.05, 3.63) is 19.3 Å². The molecule has 1 radical (unpaired) electrons. The molecule has 0 aliphatic rings. The van der Waals surface area contributed by atoms with Gasteiger partial charge in [0.05, 0.1) is 19.8 Å². The van der Waals surface area contributed by atoms with Gasteiger partial charge in [-0.25, -0.2) is 4.57 Å². The van der Waals surface area contributed by atoms with Gasteiger partial charge in [-0.2, -0.15) is 0 Å². The molecule has 71 valence electrons. The van der Waals surface area contributed by atoms with Crippen LogP contribution in [0, 0.1) is 6.61 Å². The lowest BCUT2D eigenvalue weighted by Crippen LogP contribution is -1.95. The predicted molar refractivity (Wildman–Crippen MR) is 43.1 cm³/mol. The number of phosphoric ester groups is 1. The Morgan fingerprint density at radius 2 is 2.17 bits per heavy atom. The highest BCUT2D eigenvalue weighted by Crippen LogP contribution is 2.35. The van der Waals surface area contributed by atoms with Crippen LogP contribution < -0.4 is 0 Å². The van der Waals surface area contributed by atoms with E-state index in [0.717, 1.165) is 0 Å². The van der Waals surface area contributed by atoms with Crippen LogP contribution in [0.3, 0.4) is 0 Å². The summed E-state index contributed by atoms with van der Waals surface area (Å²) < 4.78 is 19.1. The van der Waals surface area contributed by atoms with E-state index in [1.807, 2.05) is 0 Å². The van der Waals surface area contributed by atoms with E-state index >= 15 is 0 Å². The zero-order chi connectivity index (χ0) is 9.45. The third-order valence-corrected chi connectivity index (χ3v) is 1.35. The molecule has 5 nitrogen and oxygen atoms in total. The van der Waals surface area contributed by atoms with Crippen LogP contribution in [0.5, 0.6) is 0 Å². The fraction of sp³-hybridized carbons (Fsp3) is 0.500. The summed E-state index contributed by atoms with van der Waals surface area (Å²) in [5, 5.41) is 0. The molecule has 0 fully saturated rings. The summed E-state index contributed by atoms with van der Waals surface area (Å²) in [7, 11) is -4.32. The predicted octanol–water partition coefficient (Wildman–Crippen LogP) is 0.850. The summed E-state index contributed by atoms with van der Waals surface area (Å²) in [4.78, 5) is 16.5. The Kier molecular flexibility index (Phi) is 6.24. The summed E-state index contributed by atoms with van der Waals surface area (Å²) in [6.45, 7) is 5.16. The Morgan fingerprint density at radius 3 is 2.67 bits per heavy atom. The lowest BCUT2D eigenvalue weighted by Gasteiger charge is -2.03. The second kappa shape index (κ2) is 6.34. The van der Waals surface area contributed by atoms with Gasteiger partial charge < -0.3 is 14.5 Å². The maximum absolute atomic E-state index is 10.1. The molecule has 0 aromatic rings. The molecule has 0 spiro atoms. The third-order valence-electron chi connectivity index (χ3n) is 0.827. The van der Waals surface area contributed by atoms with Crippen LogP contribution in [-0.2, 0) is 13.8 Å². The number of hydrogen-bond donors (Lipinski definition) is 2. The van der Waals surface area contributed by atoms with Crippen molar-refractivity contribution >= 4 is 7.82 Å². The highest BCUT2D eigenvalue weighted by Gasteiger charge is 2.12. The van der Waals surface area contributed by atoms with E-state index in [-0.39, 0.29) is 6.61 Å². The van der Waals surface area contributed by atoms with E-state index in [2.05, 4.69) is 11.1 Å². The summed E-state index contributed by atoms with van der Waals surface area (Å²) >= 11 is 0. The molecule has 12 heavy (non-hydrogen) atoms. The van der Waals surface area contributed by atoms with Gasteiger partial charge in [0.2, 0.25) is 0 Å². The highest BCUT2D eigenvalue weighted by molar-refractivity contribution is 7.46. The maximum atomic E-state index is 10.1. The fourth-order valence-electron chi connectivity index (χ4n) is 0.439. The lowest BCUT2D eigenvalue weighted by atomic mass is 10.5. The Balaban J connectivity index is 3.11. The average Bonchev–Trinajstić information content (AvgIpc) is 1.94. The minimum absolute atomic E-state index is 0.0541. The number of phosphoric acid groups is 1. The van der Waals surface area contributed by atoms with Crippen molar-refractivity contribution in [2.24, 2.45) is 0 Å². The van der Waals surface area contributed by atoms with Gasteiger partial charge in [-0.3, -0.25) is 4.52 Å². The fourth-order valence-corrected chi connectivity index (χ4v) is 0.782. The van der Waals surface area contributed by atoms with E-state index in [9.17, 15) is 4.57 Å². The first-order valence-corrected chi connectivity index (χ1v) is 4.83. The standard InChI is InChI=1S/C6H12O5P/c1-2-4-10-5-3-6-11-12(7,8)9/h2,5H,1,3-4,6H2,(H2,7,8,9). The normalized spacial score (nSPS) is 11.5. The molecule has 6 heteroatoms. The zero-order valence-electron chi connectivity index (χ0n) is 6.55. The summed E-state index contributed by atoms with van der Waals surface area (Å²) in [6, 6.07) is 0. The van der Waals surface area contributed by atoms with Crippen LogP contribution in [0.15, 0.2) is 12.7 Å². The van der Waals surface area contributed by atoms with Gasteiger partial charge in [-0.1, -0.05) is 6.08 Å². The molecule has 0 heterocycles. The molecule has 0 aromatic heterocycles. The van der Waals surface area contributed by atoms with Crippen LogP contribution in [0.1, 0.15) is 6.42 Å². The summed E-state index contributed by atoms with van der Waals surface area (Å²) in [6.07, 6.45) is 1.90. The molecule has 0 atom stereocenters. The Hall–Kier alpha value is -0.190. The maximum Gasteiger partial charge on any atom is 0.469 e. The van der Waals surface area contributed by atoms with Crippen molar-refractivity contribution in [3.63, 3.8) is 0 Å². The van der Waals surface area contributed by atoms with Crippen LogP contribution in [-0.4, -0.2) is 23.0 Å². The Bertz CT molecular complexity index is 163. The smallest absolute Gasteiger partial charge is 0.371 e. The van der Waals surface area contributed by atoms with Gasteiger partial charge in [0.1, 0.15) is 0 Å². The molecule has 0 saturated heterocycles. The molecule has 0 rings (SSSR count). The summed E-state index contributed by atoms with van der Waals surface area (Å²) in [5.74, 6) is 0. The average molecular weight is 195 g/mol. The molecule has 0 unspecified atom stereocenters. The molecule has 0 amide bonds. The van der Waals surface area contributed by atoms with Gasteiger partial charge in [0.15, 0.2) is 0 Å². The van der Waals surface area contributed by atoms with Crippen molar-refractivity contribution in [2.45, 2.75) is 6.42 Å². The van der Waals surface area contributed by atoms with Gasteiger partial charge in [0, 0.05) is 6.42 Å². The van der Waals surface area contributed by atoms with Crippen LogP contribution in [0.25, 0.3) is 0 Å². The van der Waals surface area contributed by atoms with Crippen molar-refractivity contribution in [1.29, 1.82) is 0 Å². The van der Waals surface area contributed by atoms with Crippen LogP contribution >= 0.6 is 7.82 Å². The Labute approximate surface area is 71.2 Å². The largest absolute Gasteiger partial charge is 0.469 e. The van der Waals surface area contributed by atoms with E-state index in [4.69, 9.17) is 14.5 Å². The first kappa shape index (κ1) is 11.8. The first-order chi connectivity index (χ1) is 5.56. The van der Waals surface area contributed by atoms with E-state index in [0.29, 0.717) is 13.0 Å². The highest BCUT2D eigenvalue weighted by atomic mass is 31.2. The summed E-state index contributed by atoms with van der Waals surface area (Å²) in [5.41, 5.74) is 0. The SMILES string of the molecule is C=CCO[CH]CCOP(=O)(O)O. The van der Waals surface area contributed by atoms with Gasteiger partial charge in [0.25, 0.3) is 0 Å². The van der Waals surface area contributed by atoms with Crippen LogP contribution in [0.4, 0.5) is 0 Å². The molecule has 0 bridgehead atoms. The van der Waals surface area contributed by atoms with E-state index in [1.165, 1.54) is 6.61 Å². The number of rotatable bonds is 7. The monoisotopic (exact) mass is 195 g/mol. The minimum atomic E-state index is -4.32. The quantitative estimate of drug-likeness (QED) is 0.358.